The van der Waals surface area contributed by atoms with Crippen LogP contribution in [0.5, 0.6) is 0 Å². The van der Waals surface area contributed by atoms with Crippen molar-refractivity contribution in [2.45, 2.75) is 63.7 Å². The average Bonchev–Trinajstić information content (AvgIpc) is 3.16. The lowest BCUT2D eigenvalue weighted by atomic mass is 10.1. The molecule has 0 radical (unpaired) electrons. The summed E-state index contributed by atoms with van der Waals surface area (Å²) in [6, 6.07) is 1.79. The lowest BCUT2D eigenvalue weighted by Gasteiger charge is -2.27. The Morgan fingerprint density at radius 2 is 1.96 bits per heavy atom. The number of nitrogens with one attached hydrogen (secondary N) is 3. The predicted molar refractivity (Wildman–Crippen MR) is 110 cm³/mol. The third-order valence-corrected chi connectivity index (χ3v) is 5.29. The Balaban J connectivity index is 0.00000288. The molecule has 0 aromatic carbocycles. The summed E-state index contributed by atoms with van der Waals surface area (Å²) in [7, 11) is -1.49. The van der Waals surface area contributed by atoms with Gasteiger partial charge < -0.3 is 10.6 Å². The van der Waals surface area contributed by atoms with E-state index in [-0.39, 0.29) is 24.0 Å². The molecular weight excluding hydrogens is 441 g/mol. The van der Waals surface area contributed by atoms with Gasteiger partial charge in [-0.3, -0.25) is 9.89 Å². The minimum atomic E-state index is -3.23. The second-order valence-corrected chi connectivity index (χ2v) is 9.29. The van der Waals surface area contributed by atoms with Crippen LogP contribution < -0.4 is 15.4 Å². The van der Waals surface area contributed by atoms with Gasteiger partial charge in [0.15, 0.2) is 5.96 Å². The molecule has 2 unspecified atom stereocenters. The van der Waals surface area contributed by atoms with Crippen molar-refractivity contribution in [1.82, 2.24) is 20.3 Å². The van der Waals surface area contributed by atoms with Crippen LogP contribution in [0.2, 0.25) is 0 Å². The molecule has 2 atom stereocenters. The van der Waals surface area contributed by atoms with Gasteiger partial charge in [-0.25, -0.2) is 13.1 Å². The van der Waals surface area contributed by atoms with Crippen LogP contribution in [0, 0.1) is 0 Å². The second kappa shape index (κ2) is 8.50. The van der Waals surface area contributed by atoms with E-state index < -0.39 is 15.6 Å². The summed E-state index contributed by atoms with van der Waals surface area (Å²) in [6.45, 7) is 7.50. The van der Waals surface area contributed by atoms with Crippen LogP contribution in [0.25, 0.3) is 0 Å². The fraction of sp³-hybridized carbons (Fsp3) is 0.933. The van der Waals surface area contributed by atoms with E-state index in [1.54, 1.807) is 7.05 Å². The molecule has 142 valence electrons. The van der Waals surface area contributed by atoms with Crippen LogP contribution in [0.4, 0.5) is 0 Å². The largest absolute Gasteiger partial charge is 0.355 e. The highest BCUT2D eigenvalue weighted by Gasteiger charge is 2.39. The Morgan fingerprint density at radius 1 is 1.33 bits per heavy atom. The summed E-state index contributed by atoms with van der Waals surface area (Å²) in [6.07, 6.45) is 4.95. The van der Waals surface area contributed by atoms with E-state index >= 15 is 0 Å². The highest BCUT2D eigenvalue weighted by atomic mass is 127. The first-order valence-corrected chi connectivity index (χ1v) is 10.2. The minimum Gasteiger partial charge on any atom is -0.355 e. The zero-order valence-electron chi connectivity index (χ0n) is 15.3. The summed E-state index contributed by atoms with van der Waals surface area (Å²) in [5, 5.41) is 6.69. The lowest BCUT2D eigenvalue weighted by Crippen LogP contribution is -2.54. The molecule has 9 heteroatoms. The normalized spacial score (nSPS) is 26.1. The Morgan fingerprint density at radius 3 is 2.46 bits per heavy atom. The Bertz CT molecular complexity index is 548. The van der Waals surface area contributed by atoms with Crippen LogP contribution in [0.1, 0.15) is 40.0 Å². The molecule has 2 rings (SSSR count). The fourth-order valence-corrected chi connectivity index (χ4v) is 4.38. The second-order valence-electron chi connectivity index (χ2n) is 7.54. The molecular formula is C15H32IN5O2S. The van der Waals surface area contributed by atoms with Crippen LogP contribution >= 0.6 is 24.0 Å². The first-order valence-electron chi connectivity index (χ1n) is 8.31. The topological polar surface area (TPSA) is 85.8 Å². The van der Waals surface area contributed by atoms with Gasteiger partial charge in [0.25, 0.3) is 0 Å². The van der Waals surface area contributed by atoms with E-state index in [0.717, 1.165) is 25.0 Å². The van der Waals surface area contributed by atoms with E-state index in [9.17, 15) is 8.42 Å². The standard InChI is InChI=1S/C15H31N5O2S.HI/c1-11-8-12(9-20(11)13-6-7-13)18-14(16-4)17-10-15(2,3)19-23(5,21)22;/h11-13,19H,6-10H2,1-5H3,(H2,16,17,18);1H. The first-order chi connectivity index (χ1) is 10.6. The maximum absolute atomic E-state index is 11.4. The monoisotopic (exact) mass is 473 g/mol. The smallest absolute Gasteiger partial charge is 0.209 e. The van der Waals surface area contributed by atoms with E-state index in [2.05, 4.69) is 32.2 Å². The number of rotatable bonds is 6. The molecule has 7 nitrogen and oxygen atoms in total. The summed E-state index contributed by atoms with van der Waals surface area (Å²) in [4.78, 5) is 6.84. The molecule has 0 aromatic rings. The third kappa shape index (κ3) is 7.01. The van der Waals surface area contributed by atoms with E-state index in [4.69, 9.17) is 0 Å². The van der Waals surface area contributed by atoms with Crippen molar-refractivity contribution in [3.8, 4) is 0 Å². The summed E-state index contributed by atoms with van der Waals surface area (Å²) >= 11 is 0. The SMILES string of the molecule is CN=C(NCC(C)(C)NS(C)(=O)=O)NC1CC(C)N(C2CC2)C1.I. The maximum atomic E-state index is 11.4. The Labute approximate surface area is 163 Å². The molecule has 2 aliphatic rings. The van der Waals surface area contributed by atoms with Crippen molar-refractivity contribution in [1.29, 1.82) is 0 Å². The zero-order chi connectivity index (χ0) is 17.3. The van der Waals surface area contributed by atoms with Gasteiger partial charge >= 0.3 is 0 Å². The fourth-order valence-electron chi connectivity index (χ4n) is 3.31. The number of hydrogen-bond acceptors (Lipinski definition) is 4. The number of nitrogens with zero attached hydrogens (tertiary/aromatic N) is 2. The van der Waals surface area contributed by atoms with Crippen LogP contribution in [-0.4, -0.2) is 69.3 Å². The number of halogens is 1. The Hall–Kier alpha value is -0.130. The van der Waals surface area contributed by atoms with E-state index in [1.807, 2.05) is 13.8 Å². The van der Waals surface area contributed by atoms with Crippen LogP contribution in [0.3, 0.4) is 0 Å². The molecule has 0 spiro atoms. The highest BCUT2D eigenvalue weighted by molar-refractivity contribution is 14.0. The molecule has 1 heterocycles. The molecule has 0 bridgehead atoms. The molecule has 1 saturated heterocycles. The van der Waals surface area contributed by atoms with Gasteiger partial charge in [-0.2, -0.15) is 0 Å². The summed E-state index contributed by atoms with van der Waals surface area (Å²) in [5.74, 6) is 0.725. The number of guanidine groups is 1. The predicted octanol–water partition coefficient (Wildman–Crippen LogP) is 0.722. The molecule has 24 heavy (non-hydrogen) atoms. The van der Waals surface area contributed by atoms with Crippen molar-refractivity contribution < 1.29 is 8.42 Å². The number of hydrogen-bond donors (Lipinski definition) is 3. The molecule has 3 N–H and O–H groups in total. The molecule has 1 aliphatic heterocycles. The van der Waals surface area contributed by atoms with Gasteiger partial charge in [0.05, 0.1) is 6.26 Å². The minimum absolute atomic E-state index is 0. The van der Waals surface area contributed by atoms with E-state index in [1.165, 1.54) is 19.1 Å². The van der Waals surface area contributed by atoms with Gasteiger partial charge in [-0.1, -0.05) is 0 Å². The van der Waals surface area contributed by atoms with E-state index in [0.29, 0.717) is 18.6 Å². The van der Waals surface area contributed by atoms with Gasteiger partial charge in [-0.05, 0) is 40.0 Å². The third-order valence-electron chi connectivity index (χ3n) is 4.36. The van der Waals surface area contributed by atoms with Crippen molar-refractivity contribution in [2.75, 3.05) is 26.4 Å². The van der Waals surface area contributed by atoms with Crippen molar-refractivity contribution in [3.05, 3.63) is 0 Å². The van der Waals surface area contributed by atoms with Crippen LogP contribution in [0.15, 0.2) is 4.99 Å². The van der Waals surface area contributed by atoms with Gasteiger partial charge in [0.2, 0.25) is 10.0 Å². The van der Waals surface area contributed by atoms with Gasteiger partial charge in [0.1, 0.15) is 0 Å². The highest BCUT2D eigenvalue weighted by Crippen LogP contribution is 2.33. The number of likely N-dealkylation sites (tertiary alicyclic amines) is 1. The number of sulfonamides is 1. The van der Waals surface area contributed by atoms with Crippen molar-refractivity contribution in [3.63, 3.8) is 0 Å². The molecule has 1 saturated carbocycles. The quantitative estimate of drug-likeness (QED) is 0.301. The van der Waals surface area contributed by atoms with Gasteiger partial charge in [-0.15, -0.1) is 24.0 Å². The zero-order valence-corrected chi connectivity index (χ0v) is 18.4. The molecule has 0 aromatic heterocycles. The van der Waals surface area contributed by atoms with Crippen molar-refractivity contribution >= 4 is 40.0 Å². The first kappa shape index (κ1) is 21.9. The van der Waals surface area contributed by atoms with Crippen LogP contribution in [-0.2, 0) is 10.0 Å². The lowest BCUT2D eigenvalue weighted by molar-refractivity contribution is 0.256. The molecule has 2 fully saturated rings. The van der Waals surface area contributed by atoms with Gasteiger partial charge in [0, 0.05) is 43.8 Å². The Kier molecular flexibility index (Phi) is 7.76. The molecule has 1 aliphatic carbocycles. The summed E-state index contributed by atoms with van der Waals surface area (Å²) < 4.78 is 25.4. The van der Waals surface area contributed by atoms with Crippen molar-refractivity contribution in [2.24, 2.45) is 4.99 Å². The number of aliphatic imine (C=N–C) groups is 1. The summed E-state index contributed by atoms with van der Waals surface area (Å²) in [5.41, 5.74) is -0.575. The molecule has 0 amide bonds. The maximum Gasteiger partial charge on any atom is 0.209 e. The average molecular weight is 473 g/mol.